The minimum atomic E-state index is 0.0946. The third-order valence-electron chi connectivity index (χ3n) is 5.60. The number of rotatable bonds is 4. The number of benzene rings is 1. The Balaban J connectivity index is 1.50. The summed E-state index contributed by atoms with van der Waals surface area (Å²) < 4.78 is 0. The Labute approximate surface area is 133 Å². The lowest BCUT2D eigenvalue weighted by atomic mass is 9.73. The number of fused-ring (bicyclic) bond motifs is 1. The Bertz CT molecular complexity index is 538. The first kappa shape index (κ1) is 15.5. The number of piperidine rings is 1. The molecular formula is C19H28N2O. The van der Waals surface area contributed by atoms with Crippen LogP contribution in [0.2, 0.25) is 0 Å². The molecule has 3 heteroatoms. The number of carbonyl (C=O) groups excluding carboxylic acids is 1. The fourth-order valence-corrected chi connectivity index (χ4v) is 3.99. The zero-order valence-electron chi connectivity index (χ0n) is 13.8. The SMILES string of the molecule is CC1(C)CCNCC1C(=O)NCCC1CCc2ccccc21. The smallest absolute Gasteiger partial charge is 0.224 e. The molecule has 0 aromatic heterocycles. The Morgan fingerprint density at radius 1 is 1.36 bits per heavy atom. The second-order valence-corrected chi connectivity index (χ2v) is 7.51. The van der Waals surface area contributed by atoms with Crippen molar-refractivity contribution in [2.24, 2.45) is 11.3 Å². The van der Waals surface area contributed by atoms with Crippen molar-refractivity contribution in [3.63, 3.8) is 0 Å². The van der Waals surface area contributed by atoms with Crippen molar-refractivity contribution in [1.29, 1.82) is 0 Å². The summed E-state index contributed by atoms with van der Waals surface area (Å²) in [7, 11) is 0. The summed E-state index contributed by atoms with van der Waals surface area (Å²) in [4.78, 5) is 12.5. The summed E-state index contributed by atoms with van der Waals surface area (Å²) in [5.41, 5.74) is 3.10. The van der Waals surface area contributed by atoms with E-state index in [1.54, 1.807) is 0 Å². The maximum atomic E-state index is 12.5. The molecule has 3 rings (SSSR count). The summed E-state index contributed by atoms with van der Waals surface area (Å²) in [6, 6.07) is 8.75. The first-order chi connectivity index (χ1) is 10.6. The second-order valence-electron chi connectivity index (χ2n) is 7.51. The van der Waals surface area contributed by atoms with Crippen LogP contribution in [0, 0.1) is 11.3 Å². The van der Waals surface area contributed by atoms with E-state index in [2.05, 4.69) is 48.7 Å². The van der Waals surface area contributed by atoms with Crippen LogP contribution in [0.15, 0.2) is 24.3 Å². The highest BCUT2D eigenvalue weighted by molar-refractivity contribution is 5.79. The zero-order chi connectivity index (χ0) is 15.6. The Kier molecular flexibility index (Phi) is 4.53. The molecular weight excluding hydrogens is 272 g/mol. The lowest BCUT2D eigenvalue weighted by Gasteiger charge is -2.38. The third kappa shape index (κ3) is 3.19. The Hall–Kier alpha value is -1.35. The lowest BCUT2D eigenvalue weighted by molar-refractivity contribution is -0.129. The normalized spacial score (nSPS) is 26.5. The van der Waals surface area contributed by atoms with E-state index >= 15 is 0 Å². The maximum absolute atomic E-state index is 12.5. The van der Waals surface area contributed by atoms with Gasteiger partial charge in [0, 0.05) is 13.1 Å². The number of hydrogen-bond donors (Lipinski definition) is 2. The van der Waals surface area contributed by atoms with E-state index in [0.29, 0.717) is 5.92 Å². The van der Waals surface area contributed by atoms with Crippen LogP contribution >= 0.6 is 0 Å². The van der Waals surface area contributed by atoms with Gasteiger partial charge in [0.25, 0.3) is 0 Å². The van der Waals surface area contributed by atoms with Crippen LogP contribution in [0.4, 0.5) is 0 Å². The van der Waals surface area contributed by atoms with Crippen molar-refractivity contribution >= 4 is 5.91 Å². The van der Waals surface area contributed by atoms with Crippen LogP contribution in [-0.2, 0) is 11.2 Å². The average Bonchev–Trinajstić information content (AvgIpc) is 2.90. The predicted molar refractivity (Wildman–Crippen MR) is 89.9 cm³/mol. The topological polar surface area (TPSA) is 41.1 Å². The van der Waals surface area contributed by atoms with E-state index in [9.17, 15) is 4.79 Å². The maximum Gasteiger partial charge on any atom is 0.224 e. The first-order valence-electron chi connectivity index (χ1n) is 8.64. The van der Waals surface area contributed by atoms with E-state index < -0.39 is 0 Å². The van der Waals surface area contributed by atoms with Crippen molar-refractivity contribution < 1.29 is 4.79 Å². The van der Waals surface area contributed by atoms with Crippen molar-refractivity contribution in [1.82, 2.24) is 10.6 Å². The number of nitrogens with one attached hydrogen (secondary N) is 2. The highest BCUT2D eigenvalue weighted by Crippen LogP contribution is 2.35. The molecule has 1 aliphatic heterocycles. The number of aryl methyl sites for hydroxylation is 1. The summed E-state index contributed by atoms with van der Waals surface area (Å²) in [6.45, 7) is 7.06. The predicted octanol–water partition coefficient (Wildman–Crippen LogP) is 2.86. The van der Waals surface area contributed by atoms with Gasteiger partial charge < -0.3 is 10.6 Å². The van der Waals surface area contributed by atoms with Crippen LogP contribution in [-0.4, -0.2) is 25.5 Å². The number of hydrogen-bond acceptors (Lipinski definition) is 2. The molecule has 0 bridgehead atoms. The summed E-state index contributed by atoms with van der Waals surface area (Å²) in [5.74, 6) is 0.939. The zero-order valence-corrected chi connectivity index (χ0v) is 13.8. The van der Waals surface area contributed by atoms with E-state index in [1.165, 1.54) is 24.0 Å². The summed E-state index contributed by atoms with van der Waals surface area (Å²) >= 11 is 0. The Morgan fingerprint density at radius 3 is 3.00 bits per heavy atom. The number of carbonyl (C=O) groups is 1. The van der Waals surface area contributed by atoms with Crippen molar-refractivity contribution in [2.75, 3.05) is 19.6 Å². The van der Waals surface area contributed by atoms with Crippen LogP contribution in [0.1, 0.15) is 50.2 Å². The van der Waals surface area contributed by atoms with Gasteiger partial charge in [-0.2, -0.15) is 0 Å². The monoisotopic (exact) mass is 300 g/mol. The third-order valence-corrected chi connectivity index (χ3v) is 5.60. The largest absolute Gasteiger partial charge is 0.356 e. The van der Waals surface area contributed by atoms with Crippen LogP contribution in [0.5, 0.6) is 0 Å². The quantitative estimate of drug-likeness (QED) is 0.898. The van der Waals surface area contributed by atoms with Gasteiger partial charge in [-0.3, -0.25) is 4.79 Å². The van der Waals surface area contributed by atoms with E-state index in [1.807, 2.05) is 0 Å². The molecule has 3 nitrogen and oxygen atoms in total. The minimum absolute atomic E-state index is 0.0946. The molecule has 2 unspecified atom stereocenters. The van der Waals surface area contributed by atoms with Crippen molar-refractivity contribution in [3.8, 4) is 0 Å². The molecule has 22 heavy (non-hydrogen) atoms. The van der Waals surface area contributed by atoms with Gasteiger partial charge in [-0.25, -0.2) is 0 Å². The summed E-state index contributed by atoms with van der Waals surface area (Å²) in [6.07, 6.45) is 4.55. The number of amides is 1. The molecule has 1 amide bonds. The molecule has 0 spiro atoms. The molecule has 0 radical (unpaired) electrons. The van der Waals surface area contributed by atoms with Gasteiger partial charge in [0.1, 0.15) is 0 Å². The highest BCUT2D eigenvalue weighted by Gasteiger charge is 2.37. The molecule has 2 N–H and O–H groups in total. The minimum Gasteiger partial charge on any atom is -0.356 e. The highest BCUT2D eigenvalue weighted by atomic mass is 16.1. The first-order valence-corrected chi connectivity index (χ1v) is 8.64. The van der Waals surface area contributed by atoms with Gasteiger partial charge in [-0.15, -0.1) is 0 Å². The molecule has 0 saturated carbocycles. The van der Waals surface area contributed by atoms with Gasteiger partial charge in [-0.05, 0) is 54.7 Å². The van der Waals surface area contributed by atoms with Crippen LogP contribution in [0.3, 0.4) is 0 Å². The van der Waals surface area contributed by atoms with Gasteiger partial charge in [0.2, 0.25) is 5.91 Å². The fourth-order valence-electron chi connectivity index (χ4n) is 3.99. The van der Waals surface area contributed by atoms with Crippen LogP contribution in [0.25, 0.3) is 0 Å². The van der Waals surface area contributed by atoms with Gasteiger partial charge in [0.15, 0.2) is 0 Å². The summed E-state index contributed by atoms with van der Waals surface area (Å²) in [5, 5.41) is 6.54. The van der Waals surface area contributed by atoms with Crippen molar-refractivity contribution in [2.45, 2.75) is 45.4 Å². The molecule has 2 atom stereocenters. The van der Waals surface area contributed by atoms with E-state index in [0.717, 1.165) is 32.5 Å². The molecule has 1 saturated heterocycles. The van der Waals surface area contributed by atoms with Gasteiger partial charge in [-0.1, -0.05) is 38.1 Å². The molecule has 1 aromatic rings. The van der Waals surface area contributed by atoms with Gasteiger partial charge in [0.05, 0.1) is 5.92 Å². The molecule has 2 aliphatic rings. The Morgan fingerprint density at radius 2 is 2.18 bits per heavy atom. The fraction of sp³-hybridized carbons (Fsp3) is 0.632. The van der Waals surface area contributed by atoms with Crippen LogP contribution < -0.4 is 10.6 Å². The van der Waals surface area contributed by atoms with Crippen molar-refractivity contribution in [3.05, 3.63) is 35.4 Å². The molecule has 1 aromatic carbocycles. The molecule has 1 aliphatic carbocycles. The van der Waals surface area contributed by atoms with Gasteiger partial charge >= 0.3 is 0 Å². The molecule has 120 valence electrons. The molecule has 1 heterocycles. The lowest BCUT2D eigenvalue weighted by Crippen LogP contribution is -2.49. The average molecular weight is 300 g/mol. The standard InChI is InChI=1S/C19H28N2O/c1-19(2)10-12-20-13-17(19)18(22)21-11-9-15-8-7-14-5-3-4-6-16(14)15/h3-6,15,17,20H,7-13H2,1-2H3,(H,21,22). The molecule has 1 fully saturated rings. The van der Waals surface area contributed by atoms with E-state index in [4.69, 9.17) is 0 Å². The second kappa shape index (κ2) is 6.41. The van der Waals surface area contributed by atoms with E-state index in [-0.39, 0.29) is 17.2 Å².